The number of benzene rings is 1. The van der Waals surface area contributed by atoms with Gasteiger partial charge in [-0.2, -0.15) is 0 Å². The van der Waals surface area contributed by atoms with E-state index in [1.165, 1.54) is 6.07 Å². The maximum atomic E-state index is 13.8. The van der Waals surface area contributed by atoms with E-state index < -0.39 is 21.4 Å². The summed E-state index contributed by atoms with van der Waals surface area (Å²) in [5.74, 6) is -0.248. The van der Waals surface area contributed by atoms with Crippen molar-refractivity contribution >= 4 is 15.9 Å². The van der Waals surface area contributed by atoms with Gasteiger partial charge in [0.15, 0.2) is 9.84 Å². The van der Waals surface area contributed by atoms with Crippen LogP contribution in [0.1, 0.15) is 24.8 Å². The lowest BCUT2D eigenvalue weighted by Gasteiger charge is -2.20. The Morgan fingerprint density at radius 2 is 2.00 bits per heavy atom. The van der Waals surface area contributed by atoms with Crippen LogP contribution in [0, 0.1) is 5.82 Å². The van der Waals surface area contributed by atoms with Crippen molar-refractivity contribution in [2.75, 3.05) is 11.5 Å². The fourth-order valence-electron chi connectivity index (χ4n) is 2.78. The molecule has 1 atom stereocenters. The van der Waals surface area contributed by atoms with Crippen LogP contribution in [-0.4, -0.2) is 32.0 Å². The minimum absolute atomic E-state index is 0.0207. The standard InChI is InChI=1S/C14H17FN2O3S/c15-12-4-2-1-3-11(12)14(6-7-14)17-13(18)16-10-5-8-21(19,20)9-10/h1-4,10H,5-9H2,(H2,16,17,18). The Balaban J connectivity index is 1.64. The van der Waals surface area contributed by atoms with Gasteiger partial charge in [0.25, 0.3) is 0 Å². The minimum atomic E-state index is -3.03. The van der Waals surface area contributed by atoms with Crippen molar-refractivity contribution in [3.05, 3.63) is 35.6 Å². The molecule has 114 valence electrons. The molecule has 1 heterocycles. The molecule has 1 aromatic rings. The van der Waals surface area contributed by atoms with E-state index in [4.69, 9.17) is 0 Å². The van der Waals surface area contributed by atoms with Gasteiger partial charge in [-0.3, -0.25) is 0 Å². The lowest BCUT2D eigenvalue weighted by molar-refractivity contribution is 0.232. The van der Waals surface area contributed by atoms with Crippen LogP contribution in [0.5, 0.6) is 0 Å². The molecule has 2 amide bonds. The summed E-state index contributed by atoms with van der Waals surface area (Å²) in [5, 5.41) is 5.46. The predicted molar refractivity (Wildman–Crippen MR) is 76.0 cm³/mol. The van der Waals surface area contributed by atoms with Gasteiger partial charge >= 0.3 is 6.03 Å². The van der Waals surface area contributed by atoms with Gasteiger partial charge in [-0.25, -0.2) is 17.6 Å². The average Bonchev–Trinajstić information content (AvgIpc) is 3.08. The first-order valence-corrected chi connectivity index (χ1v) is 8.76. The molecule has 1 aromatic carbocycles. The molecule has 2 fully saturated rings. The molecular formula is C14H17FN2O3S. The van der Waals surface area contributed by atoms with Crippen LogP contribution in [0.4, 0.5) is 9.18 Å². The van der Waals surface area contributed by atoms with Crippen LogP contribution >= 0.6 is 0 Å². The highest BCUT2D eigenvalue weighted by Gasteiger charge is 2.47. The Kier molecular flexibility index (Phi) is 3.39. The van der Waals surface area contributed by atoms with Gasteiger partial charge in [-0.05, 0) is 25.3 Å². The fraction of sp³-hybridized carbons (Fsp3) is 0.500. The molecule has 0 aromatic heterocycles. The quantitative estimate of drug-likeness (QED) is 0.883. The van der Waals surface area contributed by atoms with Crippen molar-refractivity contribution in [3.63, 3.8) is 0 Å². The van der Waals surface area contributed by atoms with E-state index in [9.17, 15) is 17.6 Å². The Bertz CT molecular complexity index is 671. The molecule has 1 saturated heterocycles. The third-order valence-corrected chi connectivity index (χ3v) is 5.83. The lowest BCUT2D eigenvalue weighted by atomic mass is 10.0. The topological polar surface area (TPSA) is 75.3 Å². The Hall–Kier alpha value is -1.63. The van der Waals surface area contributed by atoms with Crippen molar-refractivity contribution in [1.29, 1.82) is 0 Å². The number of hydrogen-bond acceptors (Lipinski definition) is 3. The molecule has 1 aliphatic heterocycles. The van der Waals surface area contributed by atoms with E-state index in [1.54, 1.807) is 18.2 Å². The van der Waals surface area contributed by atoms with E-state index in [-0.39, 0.29) is 23.4 Å². The highest BCUT2D eigenvalue weighted by atomic mass is 32.2. The van der Waals surface area contributed by atoms with Gasteiger partial charge in [0.1, 0.15) is 5.82 Å². The summed E-state index contributed by atoms with van der Waals surface area (Å²) in [6.07, 6.45) is 1.80. The number of carbonyl (C=O) groups is 1. The summed E-state index contributed by atoms with van der Waals surface area (Å²) < 4.78 is 36.6. The minimum Gasteiger partial charge on any atom is -0.334 e. The van der Waals surface area contributed by atoms with Crippen molar-refractivity contribution < 1.29 is 17.6 Å². The third-order valence-electron chi connectivity index (χ3n) is 4.06. The van der Waals surface area contributed by atoms with Crippen LogP contribution in [0.3, 0.4) is 0 Å². The van der Waals surface area contributed by atoms with Crippen molar-refractivity contribution in [1.82, 2.24) is 10.6 Å². The molecule has 21 heavy (non-hydrogen) atoms. The molecule has 0 spiro atoms. The van der Waals surface area contributed by atoms with Gasteiger partial charge in [0.2, 0.25) is 0 Å². The van der Waals surface area contributed by atoms with E-state index in [0.29, 0.717) is 24.8 Å². The molecule has 5 nitrogen and oxygen atoms in total. The number of halogens is 1. The monoisotopic (exact) mass is 312 g/mol. The van der Waals surface area contributed by atoms with Crippen molar-refractivity contribution in [3.8, 4) is 0 Å². The van der Waals surface area contributed by atoms with Crippen molar-refractivity contribution in [2.24, 2.45) is 0 Å². The zero-order valence-electron chi connectivity index (χ0n) is 11.4. The van der Waals surface area contributed by atoms with Gasteiger partial charge < -0.3 is 10.6 Å². The zero-order valence-corrected chi connectivity index (χ0v) is 12.2. The molecule has 1 aliphatic carbocycles. The van der Waals surface area contributed by atoms with Crippen LogP contribution < -0.4 is 10.6 Å². The SMILES string of the molecule is O=C(NC1CCS(=O)(=O)C1)NC1(c2ccccc2F)CC1. The van der Waals surface area contributed by atoms with Crippen LogP contribution in [-0.2, 0) is 15.4 Å². The smallest absolute Gasteiger partial charge is 0.315 e. The molecule has 3 rings (SSSR count). The highest BCUT2D eigenvalue weighted by Crippen LogP contribution is 2.46. The first kappa shape index (κ1) is 14.3. The number of carbonyl (C=O) groups excluding carboxylic acids is 1. The number of urea groups is 1. The number of sulfone groups is 1. The average molecular weight is 312 g/mol. The molecular weight excluding hydrogens is 295 g/mol. The Morgan fingerprint density at radius 1 is 1.29 bits per heavy atom. The van der Waals surface area contributed by atoms with Crippen LogP contribution in [0.2, 0.25) is 0 Å². The van der Waals surface area contributed by atoms with Gasteiger partial charge in [-0.1, -0.05) is 18.2 Å². The molecule has 0 bridgehead atoms. The number of amides is 2. The summed E-state index contributed by atoms with van der Waals surface area (Å²) in [6, 6.07) is 5.60. The van der Waals surface area contributed by atoms with Crippen molar-refractivity contribution in [2.45, 2.75) is 30.8 Å². The zero-order chi connectivity index (χ0) is 15.1. The van der Waals surface area contributed by atoms with Crippen LogP contribution in [0.25, 0.3) is 0 Å². The Morgan fingerprint density at radius 3 is 2.57 bits per heavy atom. The molecule has 1 unspecified atom stereocenters. The first-order valence-electron chi connectivity index (χ1n) is 6.94. The number of nitrogens with one attached hydrogen (secondary N) is 2. The summed E-state index contributed by atoms with van der Waals surface area (Å²) in [5.41, 5.74) is -0.161. The van der Waals surface area contributed by atoms with E-state index in [2.05, 4.69) is 10.6 Å². The highest BCUT2D eigenvalue weighted by molar-refractivity contribution is 7.91. The third kappa shape index (κ3) is 3.02. The van der Waals surface area contributed by atoms with E-state index >= 15 is 0 Å². The molecule has 2 aliphatic rings. The van der Waals surface area contributed by atoms with E-state index in [0.717, 1.165) is 0 Å². The van der Waals surface area contributed by atoms with Gasteiger partial charge in [0.05, 0.1) is 17.0 Å². The summed E-state index contributed by atoms with van der Waals surface area (Å²) in [4.78, 5) is 12.0. The molecule has 0 radical (unpaired) electrons. The predicted octanol–water partition coefficient (Wildman–Crippen LogP) is 1.30. The molecule has 1 saturated carbocycles. The first-order chi connectivity index (χ1) is 9.90. The normalized spacial score (nSPS) is 25.3. The molecule has 7 heteroatoms. The summed E-state index contributed by atoms with van der Waals surface area (Å²) >= 11 is 0. The van der Waals surface area contributed by atoms with Gasteiger partial charge in [-0.15, -0.1) is 0 Å². The molecule has 2 N–H and O–H groups in total. The van der Waals surface area contributed by atoms with Gasteiger partial charge in [0, 0.05) is 11.6 Å². The summed E-state index contributed by atoms with van der Waals surface area (Å²) in [6.45, 7) is 0. The second-order valence-corrected chi connectivity index (χ2v) is 7.99. The van der Waals surface area contributed by atoms with Crippen LogP contribution in [0.15, 0.2) is 24.3 Å². The Labute approximate surface area is 122 Å². The largest absolute Gasteiger partial charge is 0.334 e. The van der Waals surface area contributed by atoms with E-state index in [1.807, 2.05) is 0 Å². The maximum absolute atomic E-state index is 13.8. The fourth-order valence-corrected chi connectivity index (χ4v) is 4.46. The number of hydrogen-bond donors (Lipinski definition) is 2. The second-order valence-electron chi connectivity index (χ2n) is 5.76. The summed E-state index contributed by atoms with van der Waals surface area (Å²) in [7, 11) is -3.03. The second kappa shape index (κ2) is 4.98. The lowest BCUT2D eigenvalue weighted by Crippen LogP contribution is -2.47. The number of rotatable bonds is 3. The maximum Gasteiger partial charge on any atom is 0.315 e.